The zero-order chi connectivity index (χ0) is 13.8. The predicted molar refractivity (Wildman–Crippen MR) is 64.2 cm³/mol. The van der Waals surface area contributed by atoms with Crippen LogP contribution in [0.4, 0.5) is 4.39 Å². The highest BCUT2D eigenvalue weighted by atomic mass is 19.1. The van der Waals surface area contributed by atoms with E-state index < -0.39 is 11.8 Å². The van der Waals surface area contributed by atoms with E-state index >= 15 is 0 Å². The molecule has 1 aromatic carbocycles. The van der Waals surface area contributed by atoms with Crippen molar-refractivity contribution in [2.24, 2.45) is 0 Å². The second-order valence-corrected chi connectivity index (χ2v) is 3.58. The molecule has 0 fully saturated rings. The number of methoxy groups -OCH3 is 1. The number of carboxylic acids is 1. The zero-order valence-corrected chi connectivity index (χ0v) is 9.96. The summed E-state index contributed by atoms with van der Waals surface area (Å²) in [5.41, 5.74) is -0.128. The van der Waals surface area contributed by atoms with Crippen LogP contribution in [0.3, 0.4) is 0 Å². The summed E-state index contributed by atoms with van der Waals surface area (Å²) in [5.74, 6) is -1.25. The van der Waals surface area contributed by atoms with Gasteiger partial charge < -0.3 is 14.6 Å². The molecule has 0 radical (unpaired) electrons. The molecule has 5 nitrogen and oxygen atoms in total. The highest BCUT2D eigenvalue weighted by molar-refractivity contribution is 5.90. The third kappa shape index (κ3) is 2.98. The van der Waals surface area contributed by atoms with E-state index in [1.807, 2.05) is 0 Å². The van der Waals surface area contributed by atoms with Crippen molar-refractivity contribution in [1.29, 1.82) is 0 Å². The van der Waals surface area contributed by atoms with Crippen LogP contribution in [-0.2, 0) is 0 Å². The molecule has 0 unspecified atom stereocenters. The minimum Gasteiger partial charge on any atom is -0.481 e. The van der Waals surface area contributed by atoms with Gasteiger partial charge in [-0.3, -0.25) is 0 Å². The van der Waals surface area contributed by atoms with Gasteiger partial charge in [-0.2, -0.15) is 0 Å². The van der Waals surface area contributed by atoms with Gasteiger partial charge in [0.2, 0.25) is 5.88 Å². The lowest BCUT2D eigenvalue weighted by molar-refractivity contribution is 0.0694. The third-order valence-corrected chi connectivity index (χ3v) is 2.32. The molecule has 0 amide bonds. The van der Waals surface area contributed by atoms with E-state index in [0.717, 1.165) is 18.2 Å². The number of carboxylic acid groups (broad SMARTS) is 1. The second-order valence-electron chi connectivity index (χ2n) is 3.58. The normalized spacial score (nSPS) is 10.0. The number of rotatable bonds is 4. The van der Waals surface area contributed by atoms with Crippen LogP contribution in [0.1, 0.15) is 10.4 Å². The smallest absolute Gasteiger partial charge is 0.339 e. The molecule has 0 bridgehead atoms. The molecule has 2 aromatic rings. The maximum absolute atomic E-state index is 13.1. The topological polar surface area (TPSA) is 68.7 Å². The summed E-state index contributed by atoms with van der Waals surface area (Å²) < 4.78 is 23.4. The molecular formula is C13H10FNO4. The number of nitrogens with zero attached hydrogens (tertiary/aromatic N) is 1. The Morgan fingerprint density at radius 1 is 1.32 bits per heavy atom. The number of ether oxygens (including phenoxy) is 2. The standard InChI is InChI=1S/C13H10FNO4/c1-18-12-7-9(4-5-15-12)19-11-6-8(14)2-3-10(11)13(16)17/h2-7H,1H3,(H,16,17). The number of benzene rings is 1. The van der Waals surface area contributed by atoms with Gasteiger partial charge in [-0.15, -0.1) is 0 Å². The van der Waals surface area contributed by atoms with Gasteiger partial charge in [-0.05, 0) is 18.2 Å². The first-order valence-corrected chi connectivity index (χ1v) is 5.31. The Morgan fingerprint density at radius 3 is 2.79 bits per heavy atom. The minimum absolute atomic E-state index is 0.0826. The Morgan fingerprint density at radius 2 is 2.11 bits per heavy atom. The van der Waals surface area contributed by atoms with Gasteiger partial charge in [0, 0.05) is 18.3 Å². The maximum Gasteiger partial charge on any atom is 0.339 e. The quantitative estimate of drug-likeness (QED) is 0.918. The average molecular weight is 263 g/mol. The first kappa shape index (κ1) is 12.8. The van der Waals surface area contributed by atoms with Crippen molar-refractivity contribution in [1.82, 2.24) is 4.98 Å². The van der Waals surface area contributed by atoms with Crippen LogP contribution in [0.15, 0.2) is 36.5 Å². The molecule has 1 aromatic heterocycles. The summed E-state index contributed by atoms with van der Waals surface area (Å²) >= 11 is 0. The molecular weight excluding hydrogens is 253 g/mol. The van der Waals surface area contributed by atoms with Crippen LogP contribution in [0.25, 0.3) is 0 Å². The van der Waals surface area contributed by atoms with Gasteiger partial charge in [0.05, 0.1) is 7.11 Å². The van der Waals surface area contributed by atoms with E-state index in [1.54, 1.807) is 0 Å². The lowest BCUT2D eigenvalue weighted by Gasteiger charge is -2.09. The fourth-order valence-corrected chi connectivity index (χ4v) is 1.45. The summed E-state index contributed by atoms with van der Waals surface area (Å²) in [4.78, 5) is 14.9. The SMILES string of the molecule is COc1cc(Oc2cc(F)ccc2C(=O)O)ccn1. The molecule has 2 rings (SSSR count). The van der Waals surface area contributed by atoms with E-state index in [4.69, 9.17) is 14.6 Å². The summed E-state index contributed by atoms with van der Waals surface area (Å²) in [6.07, 6.45) is 1.44. The predicted octanol–water partition coefficient (Wildman–Crippen LogP) is 2.72. The highest BCUT2D eigenvalue weighted by Crippen LogP contribution is 2.27. The molecule has 0 spiro atoms. The molecule has 0 aliphatic carbocycles. The fourth-order valence-electron chi connectivity index (χ4n) is 1.45. The molecule has 6 heteroatoms. The van der Waals surface area contributed by atoms with Crippen molar-refractivity contribution in [2.45, 2.75) is 0 Å². The van der Waals surface area contributed by atoms with Crippen molar-refractivity contribution < 1.29 is 23.8 Å². The number of carbonyl (C=O) groups is 1. The Kier molecular flexibility index (Phi) is 3.61. The molecule has 1 N–H and O–H groups in total. The lowest BCUT2D eigenvalue weighted by Crippen LogP contribution is -2.00. The van der Waals surface area contributed by atoms with Gasteiger partial charge in [0.15, 0.2) is 0 Å². The third-order valence-electron chi connectivity index (χ3n) is 2.32. The largest absolute Gasteiger partial charge is 0.481 e. The summed E-state index contributed by atoms with van der Waals surface area (Å²) in [6, 6.07) is 6.20. The first-order valence-electron chi connectivity index (χ1n) is 5.31. The van der Waals surface area contributed by atoms with Crippen molar-refractivity contribution in [2.75, 3.05) is 7.11 Å². The summed E-state index contributed by atoms with van der Waals surface area (Å²) in [6.45, 7) is 0. The minimum atomic E-state index is -1.20. The summed E-state index contributed by atoms with van der Waals surface area (Å²) in [5, 5.41) is 9.00. The van der Waals surface area contributed by atoms with E-state index in [9.17, 15) is 9.18 Å². The van der Waals surface area contributed by atoms with Crippen LogP contribution >= 0.6 is 0 Å². The second kappa shape index (κ2) is 5.34. The highest BCUT2D eigenvalue weighted by Gasteiger charge is 2.13. The number of halogens is 1. The maximum atomic E-state index is 13.1. The number of hydrogen-bond acceptors (Lipinski definition) is 4. The van der Waals surface area contributed by atoms with Gasteiger partial charge in [0.1, 0.15) is 22.9 Å². The molecule has 98 valence electrons. The van der Waals surface area contributed by atoms with E-state index in [0.29, 0.717) is 11.6 Å². The Balaban J connectivity index is 2.36. The lowest BCUT2D eigenvalue weighted by atomic mass is 10.2. The molecule has 0 aliphatic rings. The Hall–Kier alpha value is -2.63. The van der Waals surface area contributed by atoms with Gasteiger partial charge in [-0.1, -0.05) is 0 Å². The number of aromatic nitrogens is 1. The van der Waals surface area contributed by atoms with Gasteiger partial charge in [0.25, 0.3) is 0 Å². The van der Waals surface area contributed by atoms with Gasteiger partial charge in [-0.25, -0.2) is 14.2 Å². The molecule has 0 saturated carbocycles. The molecule has 0 aliphatic heterocycles. The number of pyridine rings is 1. The zero-order valence-electron chi connectivity index (χ0n) is 9.96. The van der Waals surface area contributed by atoms with Crippen LogP contribution in [-0.4, -0.2) is 23.2 Å². The average Bonchev–Trinajstić information content (AvgIpc) is 2.38. The number of hydrogen-bond donors (Lipinski definition) is 1. The Labute approximate surface area is 108 Å². The molecule has 0 saturated heterocycles. The van der Waals surface area contributed by atoms with Crippen LogP contribution in [0, 0.1) is 5.82 Å². The van der Waals surface area contributed by atoms with E-state index in [1.165, 1.54) is 25.4 Å². The van der Waals surface area contributed by atoms with Crippen molar-refractivity contribution in [3.63, 3.8) is 0 Å². The molecule has 19 heavy (non-hydrogen) atoms. The van der Waals surface area contributed by atoms with Crippen LogP contribution in [0.2, 0.25) is 0 Å². The van der Waals surface area contributed by atoms with Crippen molar-refractivity contribution in [3.8, 4) is 17.4 Å². The summed E-state index contributed by atoms with van der Waals surface area (Å²) in [7, 11) is 1.44. The van der Waals surface area contributed by atoms with E-state index in [2.05, 4.69) is 4.98 Å². The number of aromatic carboxylic acids is 1. The van der Waals surface area contributed by atoms with Crippen molar-refractivity contribution in [3.05, 3.63) is 47.9 Å². The first-order chi connectivity index (χ1) is 9.10. The molecule has 1 heterocycles. The van der Waals surface area contributed by atoms with E-state index in [-0.39, 0.29) is 11.3 Å². The Bertz CT molecular complexity index is 615. The fraction of sp³-hybridized carbons (Fsp3) is 0.0769. The molecule has 0 atom stereocenters. The van der Waals surface area contributed by atoms with Crippen molar-refractivity contribution >= 4 is 5.97 Å². The van der Waals surface area contributed by atoms with Crippen LogP contribution in [0.5, 0.6) is 17.4 Å². The van der Waals surface area contributed by atoms with Crippen LogP contribution < -0.4 is 9.47 Å². The monoisotopic (exact) mass is 263 g/mol. The van der Waals surface area contributed by atoms with Gasteiger partial charge >= 0.3 is 5.97 Å².